The molecule has 1 unspecified atom stereocenters. The highest BCUT2D eigenvalue weighted by Crippen LogP contribution is 2.16. The number of aromatic nitrogens is 2. The van der Waals surface area contributed by atoms with Gasteiger partial charge in [0.05, 0.1) is 6.42 Å². The zero-order valence-electron chi connectivity index (χ0n) is 10.5. The molecule has 7 nitrogen and oxygen atoms in total. The highest BCUT2D eigenvalue weighted by molar-refractivity contribution is 5.78. The Balaban J connectivity index is 2.04. The van der Waals surface area contributed by atoms with Crippen molar-refractivity contribution in [1.29, 1.82) is 0 Å². The van der Waals surface area contributed by atoms with E-state index in [4.69, 9.17) is 5.11 Å². The molecule has 19 heavy (non-hydrogen) atoms. The number of aromatic amines is 2. The number of aliphatic hydroxyl groups excluding tert-OH is 1. The van der Waals surface area contributed by atoms with Gasteiger partial charge in [-0.25, -0.2) is 4.79 Å². The average molecular weight is 267 g/mol. The molecule has 7 heteroatoms. The van der Waals surface area contributed by atoms with Crippen LogP contribution in [0.25, 0.3) is 0 Å². The molecule has 1 amide bonds. The van der Waals surface area contributed by atoms with Crippen molar-refractivity contribution in [2.45, 2.75) is 19.3 Å². The third kappa shape index (κ3) is 3.54. The number of likely N-dealkylation sites (tertiary alicyclic amines) is 1. The van der Waals surface area contributed by atoms with Crippen LogP contribution in [0.1, 0.15) is 18.5 Å². The van der Waals surface area contributed by atoms with Crippen molar-refractivity contribution in [1.82, 2.24) is 14.9 Å². The molecule has 1 saturated heterocycles. The molecule has 1 aromatic heterocycles. The van der Waals surface area contributed by atoms with Gasteiger partial charge >= 0.3 is 5.69 Å². The molecule has 2 rings (SSSR count). The standard InChI is InChI=1S/C12H17N3O4/c16-7-8-2-1-3-15(6-8)11(18)5-9-4-10(17)14-12(19)13-9/h4,8,16H,1-3,5-7H2,(H2,13,14,17,19). The molecule has 0 saturated carbocycles. The van der Waals surface area contributed by atoms with Gasteiger partial charge in [0.15, 0.2) is 0 Å². The molecular formula is C12H17N3O4. The molecule has 1 aliphatic heterocycles. The summed E-state index contributed by atoms with van der Waals surface area (Å²) in [6.45, 7) is 1.26. The van der Waals surface area contributed by atoms with Crippen molar-refractivity contribution in [3.05, 3.63) is 32.6 Å². The third-order valence-corrected chi connectivity index (χ3v) is 3.29. The molecule has 2 heterocycles. The third-order valence-electron chi connectivity index (χ3n) is 3.29. The summed E-state index contributed by atoms with van der Waals surface area (Å²) in [5, 5.41) is 9.12. The normalized spacial score (nSPS) is 19.4. The molecule has 0 bridgehead atoms. The van der Waals surface area contributed by atoms with E-state index in [1.54, 1.807) is 4.90 Å². The molecule has 0 aromatic carbocycles. The van der Waals surface area contributed by atoms with Gasteiger partial charge in [0.25, 0.3) is 5.56 Å². The highest BCUT2D eigenvalue weighted by Gasteiger charge is 2.23. The number of carbonyl (C=O) groups is 1. The maximum atomic E-state index is 12.1. The van der Waals surface area contributed by atoms with Crippen LogP contribution in [0, 0.1) is 5.92 Å². The SMILES string of the molecule is O=C(Cc1cc(=O)[nH]c(=O)[nH]1)N1CCCC(CO)C1. The first-order valence-electron chi connectivity index (χ1n) is 6.29. The zero-order chi connectivity index (χ0) is 13.8. The van der Waals surface area contributed by atoms with Gasteiger partial charge < -0.3 is 15.0 Å². The summed E-state index contributed by atoms with van der Waals surface area (Å²) in [6.07, 6.45) is 1.78. The second-order valence-corrected chi connectivity index (χ2v) is 4.82. The maximum Gasteiger partial charge on any atom is 0.325 e. The Morgan fingerprint density at radius 1 is 1.42 bits per heavy atom. The monoisotopic (exact) mass is 267 g/mol. The fourth-order valence-corrected chi connectivity index (χ4v) is 2.33. The minimum absolute atomic E-state index is 0.00267. The largest absolute Gasteiger partial charge is 0.396 e. The van der Waals surface area contributed by atoms with Gasteiger partial charge in [-0.3, -0.25) is 14.6 Å². The molecule has 0 radical (unpaired) electrons. The van der Waals surface area contributed by atoms with Crippen molar-refractivity contribution in [2.24, 2.45) is 5.92 Å². The number of hydrogen-bond acceptors (Lipinski definition) is 4. The summed E-state index contributed by atoms with van der Waals surface area (Å²) in [6, 6.07) is 1.22. The van der Waals surface area contributed by atoms with Crippen LogP contribution in [0.4, 0.5) is 0 Å². The van der Waals surface area contributed by atoms with Crippen molar-refractivity contribution in [3.8, 4) is 0 Å². The molecule has 1 aliphatic rings. The van der Waals surface area contributed by atoms with Crippen molar-refractivity contribution < 1.29 is 9.90 Å². The van der Waals surface area contributed by atoms with Crippen molar-refractivity contribution in [3.63, 3.8) is 0 Å². The lowest BCUT2D eigenvalue weighted by atomic mass is 9.99. The van der Waals surface area contributed by atoms with E-state index in [1.807, 2.05) is 0 Å². The van der Waals surface area contributed by atoms with E-state index in [2.05, 4.69) is 9.97 Å². The van der Waals surface area contributed by atoms with E-state index >= 15 is 0 Å². The predicted molar refractivity (Wildman–Crippen MR) is 67.8 cm³/mol. The highest BCUT2D eigenvalue weighted by atomic mass is 16.3. The number of nitrogens with zero attached hydrogens (tertiary/aromatic N) is 1. The van der Waals surface area contributed by atoms with Crippen LogP contribution in [0.5, 0.6) is 0 Å². The molecule has 0 aliphatic carbocycles. The number of amides is 1. The number of rotatable bonds is 3. The smallest absolute Gasteiger partial charge is 0.325 e. The van der Waals surface area contributed by atoms with E-state index in [0.717, 1.165) is 12.8 Å². The van der Waals surface area contributed by atoms with Gasteiger partial charge in [-0.1, -0.05) is 0 Å². The Morgan fingerprint density at radius 3 is 2.89 bits per heavy atom. The van der Waals surface area contributed by atoms with Crippen LogP contribution in [0.3, 0.4) is 0 Å². The van der Waals surface area contributed by atoms with Crippen LogP contribution in [-0.4, -0.2) is 45.6 Å². The second-order valence-electron chi connectivity index (χ2n) is 4.82. The predicted octanol–water partition coefficient (Wildman–Crippen LogP) is -1.16. The lowest BCUT2D eigenvalue weighted by Gasteiger charge is -2.31. The van der Waals surface area contributed by atoms with E-state index in [9.17, 15) is 14.4 Å². The first kappa shape index (κ1) is 13.5. The van der Waals surface area contributed by atoms with E-state index in [1.165, 1.54) is 6.07 Å². The number of carbonyl (C=O) groups excluding carboxylic acids is 1. The maximum absolute atomic E-state index is 12.1. The van der Waals surface area contributed by atoms with Crippen LogP contribution in [0.2, 0.25) is 0 Å². The van der Waals surface area contributed by atoms with Gasteiger partial charge in [0.1, 0.15) is 0 Å². The Kier molecular flexibility index (Phi) is 4.16. The molecule has 1 fully saturated rings. The molecule has 1 aromatic rings. The summed E-state index contributed by atoms with van der Waals surface area (Å²) in [5.74, 6) is -0.0182. The summed E-state index contributed by atoms with van der Waals surface area (Å²) < 4.78 is 0. The summed E-state index contributed by atoms with van der Waals surface area (Å²) >= 11 is 0. The summed E-state index contributed by atoms with van der Waals surface area (Å²) in [5.41, 5.74) is -0.814. The number of H-pyrrole nitrogens is 2. The van der Waals surface area contributed by atoms with Gasteiger partial charge in [0, 0.05) is 31.5 Å². The van der Waals surface area contributed by atoms with E-state index in [0.29, 0.717) is 18.8 Å². The first-order chi connectivity index (χ1) is 9.08. The van der Waals surface area contributed by atoms with Crippen LogP contribution in [0.15, 0.2) is 15.7 Å². The minimum atomic E-state index is -0.609. The van der Waals surface area contributed by atoms with Crippen LogP contribution in [-0.2, 0) is 11.2 Å². The lowest BCUT2D eigenvalue weighted by molar-refractivity contribution is -0.132. The number of piperidine rings is 1. The summed E-state index contributed by atoms with van der Waals surface area (Å²) in [7, 11) is 0. The van der Waals surface area contributed by atoms with Gasteiger partial charge in [-0.2, -0.15) is 0 Å². The van der Waals surface area contributed by atoms with E-state index in [-0.39, 0.29) is 24.9 Å². The lowest BCUT2D eigenvalue weighted by Crippen LogP contribution is -2.42. The Labute approximate surface area is 109 Å². The van der Waals surface area contributed by atoms with Crippen molar-refractivity contribution >= 4 is 5.91 Å². The van der Waals surface area contributed by atoms with Gasteiger partial charge in [-0.15, -0.1) is 0 Å². The number of hydrogen-bond donors (Lipinski definition) is 3. The molecule has 3 N–H and O–H groups in total. The average Bonchev–Trinajstić information content (AvgIpc) is 2.37. The fraction of sp³-hybridized carbons (Fsp3) is 0.583. The Morgan fingerprint density at radius 2 is 2.21 bits per heavy atom. The van der Waals surface area contributed by atoms with Crippen molar-refractivity contribution in [2.75, 3.05) is 19.7 Å². The minimum Gasteiger partial charge on any atom is -0.396 e. The second kappa shape index (κ2) is 5.83. The molecule has 1 atom stereocenters. The zero-order valence-corrected chi connectivity index (χ0v) is 10.5. The first-order valence-corrected chi connectivity index (χ1v) is 6.29. The number of nitrogens with one attached hydrogen (secondary N) is 2. The fourth-order valence-electron chi connectivity index (χ4n) is 2.33. The molecule has 0 spiro atoms. The summed E-state index contributed by atoms with van der Waals surface area (Å²) in [4.78, 5) is 40.5. The quantitative estimate of drug-likeness (QED) is 0.642. The Hall–Kier alpha value is -1.89. The van der Waals surface area contributed by atoms with Gasteiger partial charge in [-0.05, 0) is 18.8 Å². The molecular weight excluding hydrogens is 250 g/mol. The van der Waals surface area contributed by atoms with Crippen LogP contribution < -0.4 is 11.2 Å². The van der Waals surface area contributed by atoms with Crippen LogP contribution >= 0.6 is 0 Å². The number of aliphatic hydroxyl groups is 1. The topological polar surface area (TPSA) is 106 Å². The van der Waals surface area contributed by atoms with E-state index < -0.39 is 11.2 Å². The van der Waals surface area contributed by atoms with Gasteiger partial charge in [0.2, 0.25) is 5.91 Å². The molecule has 104 valence electrons. The Bertz CT molecular complexity index is 534.